The predicted octanol–water partition coefficient (Wildman–Crippen LogP) is 2.18. The minimum Gasteiger partial charge on any atom is -0.454 e. The standard InChI is InChI=1S/C15H23N3O2S/c1-16-15(17-7-4-8-21-3)18(2)10-12-5-6-13-14(9-12)20-11-19-13/h5-6,9H,4,7-8,10-11H2,1-3H3,(H,16,17). The van der Waals surface area contributed by atoms with Crippen LogP contribution in [0.15, 0.2) is 23.2 Å². The van der Waals surface area contributed by atoms with Gasteiger partial charge < -0.3 is 19.7 Å². The van der Waals surface area contributed by atoms with Crippen molar-refractivity contribution in [2.24, 2.45) is 4.99 Å². The topological polar surface area (TPSA) is 46.1 Å². The molecule has 2 rings (SSSR count). The Morgan fingerprint density at radius 2 is 2.19 bits per heavy atom. The maximum atomic E-state index is 5.41. The van der Waals surface area contributed by atoms with Gasteiger partial charge in [-0.05, 0) is 36.1 Å². The molecule has 0 aromatic heterocycles. The van der Waals surface area contributed by atoms with Gasteiger partial charge in [-0.1, -0.05) is 6.07 Å². The number of nitrogens with one attached hydrogen (secondary N) is 1. The number of hydrogen-bond acceptors (Lipinski definition) is 4. The van der Waals surface area contributed by atoms with E-state index in [1.165, 1.54) is 5.56 Å². The van der Waals surface area contributed by atoms with Crippen LogP contribution in [0.5, 0.6) is 11.5 Å². The molecule has 0 saturated carbocycles. The smallest absolute Gasteiger partial charge is 0.231 e. The summed E-state index contributed by atoms with van der Waals surface area (Å²) in [7, 11) is 3.85. The summed E-state index contributed by atoms with van der Waals surface area (Å²) >= 11 is 1.86. The van der Waals surface area contributed by atoms with E-state index in [2.05, 4.69) is 27.5 Å². The average Bonchev–Trinajstić information content (AvgIpc) is 2.95. The third-order valence-electron chi connectivity index (χ3n) is 3.24. The summed E-state index contributed by atoms with van der Waals surface area (Å²) in [5, 5.41) is 3.38. The van der Waals surface area contributed by atoms with Crippen LogP contribution in [0.3, 0.4) is 0 Å². The van der Waals surface area contributed by atoms with Crippen LogP contribution >= 0.6 is 11.8 Å². The highest BCUT2D eigenvalue weighted by atomic mass is 32.2. The molecule has 0 atom stereocenters. The minimum absolute atomic E-state index is 0.313. The number of fused-ring (bicyclic) bond motifs is 1. The van der Waals surface area contributed by atoms with Gasteiger partial charge in [-0.15, -0.1) is 0 Å². The van der Waals surface area contributed by atoms with Crippen LogP contribution < -0.4 is 14.8 Å². The van der Waals surface area contributed by atoms with E-state index in [1.54, 1.807) is 0 Å². The Bertz CT molecular complexity index is 494. The molecule has 5 nitrogen and oxygen atoms in total. The molecule has 1 aliphatic rings. The fourth-order valence-corrected chi connectivity index (χ4v) is 2.62. The molecule has 1 aliphatic heterocycles. The molecule has 0 radical (unpaired) electrons. The maximum Gasteiger partial charge on any atom is 0.231 e. The number of aliphatic imine (C=N–C) groups is 1. The molecule has 0 saturated heterocycles. The van der Waals surface area contributed by atoms with Crippen LogP contribution in [0.2, 0.25) is 0 Å². The van der Waals surface area contributed by atoms with E-state index in [4.69, 9.17) is 9.47 Å². The first-order chi connectivity index (χ1) is 10.2. The first kappa shape index (κ1) is 15.8. The van der Waals surface area contributed by atoms with Gasteiger partial charge in [0, 0.05) is 27.2 Å². The normalized spacial score (nSPS) is 13.4. The zero-order chi connectivity index (χ0) is 15.1. The molecule has 1 aromatic rings. The van der Waals surface area contributed by atoms with Gasteiger partial charge in [-0.25, -0.2) is 0 Å². The van der Waals surface area contributed by atoms with Gasteiger partial charge in [0.2, 0.25) is 6.79 Å². The molecule has 1 aromatic carbocycles. The number of rotatable bonds is 6. The first-order valence-corrected chi connectivity index (χ1v) is 8.43. The molecule has 0 bridgehead atoms. The van der Waals surface area contributed by atoms with E-state index >= 15 is 0 Å². The molecule has 0 aliphatic carbocycles. The van der Waals surface area contributed by atoms with Crippen molar-refractivity contribution in [1.29, 1.82) is 0 Å². The predicted molar refractivity (Wildman–Crippen MR) is 88.4 cm³/mol. The maximum absolute atomic E-state index is 5.41. The van der Waals surface area contributed by atoms with E-state index < -0.39 is 0 Å². The lowest BCUT2D eigenvalue weighted by Gasteiger charge is -2.22. The third kappa shape index (κ3) is 4.46. The van der Waals surface area contributed by atoms with Crippen molar-refractivity contribution >= 4 is 17.7 Å². The summed E-state index contributed by atoms with van der Waals surface area (Å²) in [6, 6.07) is 6.05. The second kappa shape index (κ2) is 8.02. The van der Waals surface area contributed by atoms with Crippen LogP contribution in [0.1, 0.15) is 12.0 Å². The number of nitrogens with zero attached hydrogens (tertiary/aromatic N) is 2. The Morgan fingerprint density at radius 3 is 2.95 bits per heavy atom. The Kier molecular flexibility index (Phi) is 6.04. The van der Waals surface area contributed by atoms with Crippen LogP contribution in [-0.2, 0) is 6.54 Å². The molecule has 0 fully saturated rings. The second-order valence-electron chi connectivity index (χ2n) is 4.86. The molecular weight excluding hydrogens is 286 g/mol. The third-order valence-corrected chi connectivity index (χ3v) is 3.94. The summed E-state index contributed by atoms with van der Waals surface area (Å²) < 4.78 is 10.7. The lowest BCUT2D eigenvalue weighted by Crippen LogP contribution is -2.39. The summed E-state index contributed by atoms with van der Waals surface area (Å²) in [5.41, 5.74) is 1.17. The zero-order valence-corrected chi connectivity index (χ0v) is 13.7. The Morgan fingerprint density at radius 1 is 1.38 bits per heavy atom. The average molecular weight is 309 g/mol. The fourth-order valence-electron chi connectivity index (χ4n) is 2.19. The molecule has 1 N–H and O–H groups in total. The summed E-state index contributed by atoms with van der Waals surface area (Å²) in [6.45, 7) is 2.03. The number of benzene rings is 1. The van der Waals surface area contributed by atoms with E-state index in [1.807, 2.05) is 38.0 Å². The summed E-state index contributed by atoms with van der Waals surface area (Å²) in [4.78, 5) is 6.43. The van der Waals surface area contributed by atoms with Gasteiger partial charge in [0.1, 0.15) is 0 Å². The van der Waals surface area contributed by atoms with Gasteiger partial charge in [0.15, 0.2) is 17.5 Å². The lowest BCUT2D eigenvalue weighted by molar-refractivity contribution is 0.174. The van der Waals surface area contributed by atoms with Crippen molar-refractivity contribution < 1.29 is 9.47 Å². The molecular formula is C15H23N3O2S. The van der Waals surface area contributed by atoms with Crippen LogP contribution in [0.25, 0.3) is 0 Å². The van der Waals surface area contributed by atoms with Gasteiger partial charge >= 0.3 is 0 Å². The van der Waals surface area contributed by atoms with E-state index in [0.717, 1.165) is 42.7 Å². The SMILES string of the molecule is CN=C(NCCCSC)N(C)Cc1ccc2c(c1)OCO2. The highest BCUT2D eigenvalue weighted by Crippen LogP contribution is 2.32. The first-order valence-electron chi connectivity index (χ1n) is 7.04. The van der Waals surface area contributed by atoms with Crippen LogP contribution in [0.4, 0.5) is 0 Å². The van der Waals surface area contributed by atoms with E-state index in [-0.39, 0.29) is 0 Å². The largest absolute Gasteiger partial charge is 0.454 e. The second-order valence-corrected chi connectivity index (χ2v) is 5.85. The van der Waals surface area contributed by atoms with Crippen LogP contribution in [-0.4, -0.2) is 50.3 Å². The van der Waals surface area contributed by atoms with Crippen molar-refractivity contribution in [3.8, 4) is 11.5 Å². The molecule has 0 spiro atoms. The highest BCUT2D eigenvalue weighted by molar-refractivity contribution is 7.98. The fraction of sp³-hybridized carbons (Fsp3) is 0.533. The number of ether oxygens (including phenoxy) is 2. The number of thioether (sulfide) groups is 1. The minimum atomic E-state index is 0.313. The molecule has 21 heavy (non-hydrogen) atoms. The Hall–Kier alpha value is -1.56. The van der Waals surface area contributed by atoms with Gasteiger partial charge in [0.05, 0.1) is 0 Å². The van der Waals surface area contributed by atoms with Gasteiger partial charge in [-0.2, -0.15) is 11.8 Å². The van der Waals surface area contributed by atoms with Crippen molar-refractivity contribution in [2.75, 3.05) is 39.4 Å². The summed E-state index contributed by atoms with van der Waals surface area (Å²) in [6.07, 6.45) is 3.26. The molecule has 0 unspecified atom stereocenters. The number of guanidine groups is 1. The molecule has 116 valence electrons. The Labute approximate surface area is 130 Å². The van der Waals surface area contributed by atoms with Crippen molar-refractivity contribution in [3.63, 3.8) is 0 Å². The molecule has 1 heterocycles. The zero-order valence-electron chi connectivity index (χ0n) is 12.9. The monoisotopic (exact) mass is 309 g/mol. The molecule has 6 heteroatoms. The van der Waals surface area contributed by atoms with Crippen LogP contribution in [0, 0.1) is 0 Å². The summed E-state index contributed by atoms with van der Waals surface area (Å²) in [5.74, 6) is 3.72. The van der Waals surface area contributed by atoms with Crippen molar-refractivity contribution in [3.05, 3.63) is 23.8 Å². The Balaban J connectivity index is 1.88. The van der Waals surface area contributed by atoms with E-state index in [9.17, 15) is 0 Å². The van der Waals surface area contributed by atoms with Crippen molar-refractivity contribution in [2.45, 2.75) is 13.0 Å². The van der Waals surface area contributed by atoms with Gasteiger partial charge in [0.25, 0.3) is 0 Å². The van der Waals surface area contributed by atoms with Crippen molar-refractivity contribution in [1.82, 2.24) is 10.2 Å². The number of hydrogen-bond donors (Lipinski definition) is 1. The highest BCUT2D eigenvalue weighted by Gasteiger charge is 2.14. The van der Waals surface area contributed by atoms with E-state index in [0.29, 0.717) is 6.79 Å². The van der Waals surface area contributed by atoms with Gasteiger partial charge in [-0.3, -0.25) is 4.99 Å². The molecule has 0 amide bonds. The quantitative estimate of drug-likeness (QED) is 0.496. The lowest BCUT2D eigenvalue weighted by atomic mass is 10.2.